The van der Waals surface area contributed by atoms with Gasteiger partial charge in [0.25, 0.3) is 0 Å². The zero-order chi connectivity index (χ0) is 38.3. The van der Waals surface area contributed by atoms with E-state index < -0.39 is 83.2 Å². The summed E-state index contributed by atoms with van der Waals surface area (Å²) >= 11 is 0. The molecule has 1 unspecified atom stereocenters. The number of carbonyl (C=O) groups is 7. The number of likely N-dealkylation sites (tertiary alicyclic amines) is 2. The molecule has 15 nitrogen and oxygen atoms in total. The molecule has 0 aromatic heterocycles. The van der Waals surface area contributed by atoms with E-state index in [1.165, 1.54) is 37.5 Å². The number of nitrogens with zero attached hydrogens (tertiary/aromatic N) is 2. The van der Waals surface area contributed by atoms with Crippen molar-refractivity contribution in [1.29, 1.82) is 0 Å². The molecular weight excluding hydrogens is 664 g/mol. The lowest BCUT2D eigenvalue weighted by atomic mass is 9.85. The molecule has 1 aromatic carbocycles. The number of hydrogen-bond acceptors (Lipinski definition) is 11. The molecule has 0 bridgehead atoms. The SMILES string of the molecule is COC(=O)[C@@H](NC(=O)C1(Cc2ccc(C)cc2)CCCN1C(=O)[C@@H]1CCCN1C(=O)[C@@H](NC(=O)OC(C)(C)C)[C@@H](C)OC(C)=O)[C@@H](C)OC(C)=O. The summed E-state index contributed by atoms with van der Waals surface area (Å²) in [5.41, 5.74) is -0.621. The van der Waals surface area contributed by atoms with Crippen molar-refractivity contribution in [2.45, 2.75) is 129 Å². The summed E-state index contributed by atoms with van der Waals surface area (Å²) in [6.07, 6.45) is -1.59. The van der Waals surface area contributed by atoms with Crippen LogP contribution in [-0.4, -0.2) is 113 Å². The van der Waals surface area contributed by atoms with Crippen LogP contribution in [0.3, 0.4) is 0 Å². The fourth-order valence-corrected chi connectivity index (χ4v) is 6.63. The van der Waals surface area contributed by atoms with Crippen LogP contribution in [0.1, 0.15) is 85.3 Å². The van der Waals surface area contributed by atoms with Crippen LogP contribution in [0.15, 0.2) is 24.3 Å². The first-order chi connectivity index (χ1) is 23.8. The van der Waals surface area contributed by atoms with Crippen molar-refractivity contribution < 1.29 is 52.5 Å². The maximum absolute atomic E-state index is 14.7. The predicted molar refractivity (Wildman–Crippen MR) is 183 cm³/mol. The molecule has 2 N–H and O–H groups in total. The summed E-state index contributed by atoms with van der Waals surface area (Å²) < 4.78 is 20.8. The summed E-state index contributed by atoms with van der Waals surface area (Å²) in [5.74, 6) is -3.95. The quantitative estimate of drug-likeness (QED) is 0.239. The molecule has 2 heterocycles. The number of amides is 4. The van der Waals surface area contributed by atoms with Gasteiger partial charge in [-0.2, -0.15) is 0 Å². The Bertz CT molecular complexity index is 1470. The van der Waals surface area contributed by atoms with E-state index in [1.54, 1.807) is 20.8 Å². The molecule has 2 aliphatic rings. The van der Waals surface area contributed by atoms with Gasteiger partial charge in [-0.15, -0.1) is 0 Å². The van der Waals surface area contributed by atoms with E-state index >= 15 is 0 Å². The lowest BCUT2D eigenvalue weighted by Gasteiger charge is -2.41. The van der Waals surface area contributed by atoms with Gasteiger partial charge in [-0.25, -0.2) is 9.59 Å². The van der Waals surface area contributed by atoms with Gasteiger partial charge in [-0.05, 0) is 72.8 Å². The molecule has 4 amide bonds. The average Bonchev–Trinajstić information content (AvgIpc) is 3.69. The third-order valence-corrected chi connectivity index (χ3v) is 8.94. The number of ether oxygens (including phenoxy) is 4. The first kappa shape index (κ1) is 40.7. The standard InChI is InChI=1S/C36H52N4O11/c1-21-13-15-26(16-14-21)20-36(33(46)37-29(32(45)48-9)23(3)50-25(5)42)17-11-19-40(36)30(43)27-12-10-18-39(27)31(44)28(22(2)49-24(4)41)38-34(47)51-35(6,7)8/h13-16,22-23,27-29H,10-12,17-20H2,1-9H3,(H,37,46)(H,38,47)/t22-,23-,27+,28+,29+,36?/m1/s1. The van der Waals surface area contributed by atoms with Crippen LogP contribution in [0, 0.1) is 6.92 Å². The minimum absolute atomic E-state index is 0.0909. The maximum Gasteiger partial charge on any atom is 0.408 e. The highest BCUT2D eigenvalue weighted by Crippen LogP contribution is 2.36. The fourth-order valence-electron chi connectivity index (χ4n) is 6.63. The predicted octanol–water partition coefficient (Wildman–Crippen LogP) is 2.34. The van der Waals surface area contributed by atoms with E-state index in [1.807, 2.05) is 31.2 Å². The van der Waals surface area contributed by atoms with E-state index in [0.717, 1.165) is 18.2 Å². The van der Waals surface area contributed by atoms with Crippen molar-refractivity contribution >= 4 is 41.7 Å². The number of alkyl carbamates (subject to hydrolysis) is 1. The number of benzene rings is 1. The highest BCUT2D eigenvalue weighted by atomic mass is 16.6. The van der Waals surface area contributed by atoms with Crippen molar-refractivity contribution in [3.05, 3.63) is 35.4 Å². The first-order valence-electron chi connectivity index (χ1n) is 17.2. The van der Waals surface area contributed by atoms with Crippen molar-refractivity contribution in [1.82, 2.24) is 20.4 Å². The zero-order valence-electron chi connectivity index (χ0n) is 31.0. The Morgan fingerprint density at radius 3 is 2.02 bits per heavy atom. The molecule has 0 spiro atoms. The van der Waals surface area contributed by atoms with Crippen LogP contribution in [-0.2, 0) is 54.1 Å². The van der Waals surface area contributed by atoms with E-state index in [2.05, 4.69) is 10.6 Å². The van der Waals surface area contributed by atoms with Gasteiger partial charge in [0.2, 0.25) is 17.7 Å². The van der Waals surface area contributed by atoms with E-state index in [-0.39, 0.29) is 32.4 Å². The topological polar surface area (TPSA) is 187 Å². The van der Waals surface area contributed by atoms with Crippen LogP contribution in [0.2, 0.25) is 0 Å². The molecule has 282 valence electrons. The summed E-state index contributed by atoms with van der Waals surface area (Å²) in [4.78, 5) is 95.4. The Hall–Kier alpha value is -4.69. The van der Waals surface area contributed by atoms with Crippen LogP contribution in [0.4, 0.5) is 4.79 Å². The summed E-state index contributed by atoms with van der Waals surface area (Å²) in [5, 5.41) is 5.23. The molecule has 0 radical (unpaired) electrons. The number of nitrogens with one attached hydrogen (secondary N) is 2. The van der Waals surface area contributed by atoms with Gasteiger partial charge >= 0.3 is 24.0 Å². The van der Waals surface area contributed by atoms with E-state index in [9.17, 15) is 33.6 Å². The molecular formula is C36H52N4O11. The van der Waals surface area contributed by atoms with E-state index in [0.29, 0.717) is 12.8 Å². The Morgan fingerprint density at radius 1 is 0.882 bits per heavy atom. The monoisotopic (exact) mass is 716 g/mol. The number of rotatable bonds is 12. The minimum atomic E-state index is -1.49. The van der Waals surface area contributed by atoms with Crippen molar-refractivity contribution in [3.63, 3.8) is 0 Å². The largest absolute Gasteiger partial charge is 0.467 e. The normalized spacial score (nSPS) is 21.1. The van der Waals surface area contributed by atoms with Crippen molar-refractivity contribution in [2.24, 2.45) is 0 Å². The van der Waals surface area contributed by atoms with Crippen LogP contribution in [0.25, 0.3) is 0 Å². The molecule has 0 aliphatic carbocycles. The highest BCUT2D eigenvalue weighted by Gasteiger charge is 2.54. The molecule has 2 saturated heterocycles. The Kier molecular flexibility index (Phi) is 13.6. The van der Waals surface area contributed by atoms with E-state index in [4.69, 9.17) is 18.9 Å². The first-order valence-corrected chi connectivity index (χ1v) is 17.2. The molecule has 6 atom stereocenters. The van der Waals surface area contributed by atoms with Gasteiger partial charge in [0.1, 0.15) is 35.4 Å². The van der Waals surface area contributed by atoms with Gasteiger partial charge in [0, 0.05) is 33.4 Å². The third-order valence-electron chi connectivity index (χ3n) is 8.94. The van der Waals surface area contributed by atoms with Crippen LogP contribution in [0.5, 0.6) is 0 Å². The fraction of sp³-hybridized carbons (Fsp3) is 0.639. The number of esters is 3. The lowest BCUT2D eigenvalue weighted by molar-refractivity contribution is -0.159. The average molecular weight is 717 g/mol. The van der Waals surface area contributed by atoms with Crippen molar-refractivity contribution in [3.8, 4) is 0 Å². The molecule has 2 fully saturated rings. The Labute approximate surface area is 299 Å². The second-order valence-electron chi connectivity index (χ2n) is 14.2. The number of hydrogen-bond donors (Lipinski definition) is 2. The minimum Gasteiger partial charge on any atom is -0.467 e. The van der Waals surface area contributed by atoms with Gasteiger partial charge in [-0.3, -0.25) is 24.0 Å². The van der Waals surface area contributed by atoms with Gasteiger partial charge < -0.3 is 39.4 Å². The molecule has 51 heavy (non-hydrogen) atoms. The number of aryl methyl sites for hydroxylation is 1. The zero-order valence-corrected chi connectivity index (χ0v) is 31.0. The number of carbonyl (C=O) groups excluding carboxylic acids is 7. The van der Waals surface area contributed by atoms with Gasteiger partial charge in [0.05, 0.1) is 7.11 Å². The Balaban J connectivity index is 2.01. The smallest absolute Gasteiger partial charge is 0.408 e. The second kappa shape index (κ2) is 17.0. The number of methoxy groups -OCH3 is 1. The third kappa shape index (κ3) is 10.4. The van der Waals surface area contributed by atoms with Gasteiger partial charge in [-0.1, -0.05) is 29.8 Å². The summed E-state index contributed by atoms with van der Waals surface area (Å²) in [7, 11) is 1.15. The van der Waals surface area contributed by atoms with Gasteiger partial charge in [0.15, 0.2) is 6.04 Å². The molecule has 1 aromatic rings. The van der Waals surface area contributed by atoms with Crippen LogP contribution >= 0.6 is 0 Å². The van der Waals surface area contributed by atoms with Crippen LogP contribution < -0.4 is 10.6 Å². The lowest BCUT2D eigenvalue weighted by Crippen LogP contribution is -2.65. The summed E-state index contributed by atoms with van der Waals surface area (Å²) in [6, 6.07) is 3.75. The molecule has 15 heteroatoms. The molecule has 3 rings (SSSR count). The second-order valence-corrected chi connectivity index (χ2v) is 14.2. The highest BCUT2D eigenvalue weighted by molar-refractivity contribution is 5.98. The maximum atomic E-state index is 14.7. The Morgan fingerprint density at radius 2 is 1.47 bits per heavy atom. The van der Waals surface area contributed by atoms with Crippen molar-refractivity contribution in [2.75, 3.05) is 20.2 Å². The molecule has 0 saturated carbocycles. The molecule has 2 aliphatic heterocycles. The summed E-state index contributed by atoms with van der Waals surface area (Å²) in [6.45, 7) is 12.5.